The predicted molar refractivity (Wildman–Crippen MR) is 134 cm³/mol. The van der Waals surface area contributed by atoms with E-state index < -0.39 is 0 Å². The summed E-state index contributed by atoms with van der Waals surface area (Å²) in [7, 11) is 0. The zero-order chi connectivity index (χ0) is 23.8. The first-order valence-corrected chi connectivity index (χ1v) is 12.0. The van der Waals surface area contributed by atoms with Gasteiger partial charge in [-0.2, -0.15) is 5.10 Å². The number of hydrogen-bond donors (Lipinski definition) is 1. The summed E-state index contributed by atoms with van der Waals surface area (Å²) in [6, 6.07) is 16.3. The van der Waals surface area contributed by atoms with Gasteiger partial charge in [-0.25, -0.2) is 14.6 Å². The van der Waals surface area contributed by atoms with E-state index in [4.69, 9.17) is 0 Å². The molecule has 176 valence electrons. The minimum Gasteiger partial charge on any atom is -0.271 e. The van der Waals surface area contributed by atoms with Crippen LogP contribution in [-0.4, -0.2) is 35.0 Å². The molecule has 0 saturated carbocycles. The highest BCUT2D eigenvalue weighted by Gasteiger charge is 2.13. The molecule has 2 heterocycles. The van der Waals surface area contributed by atoms with Crippen LogP contribution in [0.3, 0.4) is 0 Å². The van der Waals surface area contributed by atoms with Gasteiger partial charge in [-0.1, -0.05) is 87.7 Å². The maximum atomic E-state index is 13.1. The molecular formula is C26H31N7O. The third-order valence-corrected chi connectivity index (χ3v) is 5.81. The van der Waals surface area contributed by atoms with E-state index in [9.17, 15) is 4.79 Å². The first kappa shape index (κ1) is 23.4. The van der Waals surface area contributed by atoms with Crippen LogP contribution in [-0.2, 0) is 13.1 Å². The lowest BCUT2D eigenvalue weighted by atomic mass is 9.98. The standard InChI is InChI=1S/C26H31N7O/c1-3-5-7-10-18-33-26(34)32(24(29-33)13-6-4-2)19-20-14-16-21(17-15-20)22-11-8-9-12-23(22)25-27-30-31-28-25/h6,8-9,11-17H,3-5,7,10,18-19H2,1-2H3,(H,27,28,30,31)/b13-6+. The zero-order valence-electron chi connectivity index (χ0n) is 19.8. The summed E-state index contributed by atoms with van der Waals surface area (Å²) >= 11 is 0. The summed E-state index contributed by atoms with van der Waals surface area (Å²) in [5.41, 5.74) is 4.02. The number of nitrogens with zero attached hydrogens (tertiary/aromatic N) is 6. The number of benzene rings is 2. The Morgan fingerprint density at radius 2 is 1.76 bits per heavy atom. The van der Waals surface area contributed by atoms with E-state index in [-0.39, 0.29) is 5.69 Å². The van der Waals surface area contributed by atoms with Gasteiger partial charge in [-0.05, 0) is 46.0 Å². The fourth-order valence-corrected chi connectivity index (χ4v) is 3.97. The van der Waals surface area contributed by atoms with E-state index in [1.54, 1.807) is 9.25 Å². The highest BCUT2D eigenvalue weighted by atomic mass is 16.2. The third kappa shape index (κ3) is 5.39. The Bertz CT molecular complexity index is 1270. The Labute approximate surface area is 199 Å². The molecular weight excluding hydrogens is 426 g/mol. The van der Waals surface area contributed by atoms with Crippen LogP contribution >= 0.6 is 0 Å². The highest BCUT2D eigenvalue weighted by Crippen LogP contribution is 2.29. The Hall–Kier alpha value is -3.81. The summed E-state index contributed by atoms with van der Waals surface area (Å²) in [4.78, 5) is 13.1. The Kier molecular flexibility index (Phi) is 7.80. The average molecular weight is 458 g/mol. The van der Waals surface area contributed by atoms with Crippen molar-refractivity contribution in [1.29, 1.82) is 0 Å². The number of tetrazole rings is 1. The van der Waals surface area contributed by atoms with Crippen LogP contribution in [0.1, 0.15) is 57.3 Å². The summed E-state index contributed by atoms with van der Waals surface area (Å²) < 4.78 is 3.37. The first-order valence-electron chi connectivity index (χ1n) is 12.0. The number of rotatable bonds is 11. The van der Waals surface area contributed by atoms with E-state index in [0.29, 0.717) is 24.7 Å². The van der Waals surface area contributed by atoms with E-state index in [2.05, 4.69) is 63.8 Å². The topological polar surface area (TPSA) is 94.3 Å². The average Bonchev–Trinajstić information content (AvgIpc) is 3.50. The van der Waals surface area contributed by atoms with Crippen LogP contribution in [0.15, 0.2) is 59.4 Å². The smallest absolute Gasteiger partial charge is 0.271 e. The fraction of sp³-hybridized carbons (Fsp3) is 0.346. The minimum absolute atomic E-state index is 0.0560. The monoisotopic (exact) mass is 457 g/mol. The first-order chi connectivity index (χ1) is 16.7. The molecule has 0 aliphatic rings. The predicted octanol–water partition coefficient (Wildman–Crippen LogP) is 4.94. The summed E-state index contributed by atoms with van der Waals surface area (Å²) in [6.45, 7) is 5.39. The molecule has 0 unspecified atom stereocenters. The van der Waals surface area contributed by atoms with Crippen molar-refractivity contribution in [1.82, 2.24) is 35.0 Å². The van der Waals surface area contributed by atoms with Gasteiger partial charge >= 0.3 is 5.69 Å². The van der Waals surface area contributed by atoms with Crippen molar-refractivity contribution in [3.05, 3.63) is 76.5 Å². The van der Waals surface area contributed by atoms with Crippen LogP contribution in [0, 0.1) is 0 Å². The number of aromatic amines is 1. The van der Waals surface area contributed by atoms with E-state index >= 15 is 0 Å². The molecule has 4 aromatic rings. The Morgan fingerprint density at radius 1 is 0.971 bits per heavy atom. The molecule has 0 aliphatic carbocycles. The number of unbranched alkanes of at least 4 members (excludes halogenated alkanes) is 3. The van der Waals surface area contributed by atoms with Crippen molar-refractivity contribution in [3.63, 3.8) is 0 Å². The lowest BCUT2D eigenvalue weighted by Crippen LogP contribution is -2.25. The van der Waals surface area contributed by atoms with Crippen LogP contribution in [0.25, 0.3) is 28.6 Å². The quantitative estimate of drug-likeness (QED) is 0.322. The maximum absolute atomic E-state index is 13.1. The Balaban J connectivity index is 1.57. The molecule has 0 bridgehead atoms. The fourth-order valence-electron chi connectivity index (χ4n) is 3.97. The van der Waals surface area contributed by atoms with Gasteiger partial charge in [-0.3, -0.25) is 4.57 Å². The van der Waals surface area contributed by atoms with E-state index in [0.717, 1.165) is 41.5 Å². The SMILES string of the molecule is CC/C=C/c1nn(CCCCCC)c(=O)n1Cc1ccc(-c2ccccc2-c2nnn[nH]2)cc1. The van der Waals surface area contributed by atoms with Gasteiger partial charge in [0.25, 0.3) is 0 Å². The second kappa shape index (κ2) is 11.4. The normalized spacial score (nSPS) is 11.5. The lowest BCUT2D eigenvalue weighted by molar-refractivity contribution is 0.521. The maximum Gasteiger partial charge on any atom is 0.346 e. The molecule has 0 aliphatic heterocycles. The second-order valence-corrected chi connectivity index (χ2v) is 8.31. The summed E-state index contributed by atoms with van der Waals surface area (Å²) in [6.07, 6.45) is 9.31. The van der Waals surface area contributed by atoms with E-state index in [1.807, 2.05) is 36.4 Å². The molecule has 0 spiro atoms. The van der Waals surface area contributed by atoms with Crippen LogP contribution < -0.4 is 5.69 Å². The third-order valence-electron chi connectivity index (χ3n) is 5.81. The van der Waals surface area contributed by atoms with Gasteiger partial charge in [0, 0.05) is 12.1 Å². The van der Waals surface area contributed by atoms with Gasteiger partial charge in [-0.15, -0.1) is 5.10 Å². The number of aryl methyl sites for hydroxylation is 1. The number of nitrogens with one attached hydrogen (secondary N) is 1. The van der Waals surface area contributed by atoms with Crippen molar-refractivity contribution < 1.29 is 0 Å². The highest BCUT2D eigenvalue weighted by molar-refractivity contribution is 5.80. The van der Waals surface area contributed by atoms with Gasteiger partial charge in [0.15, 0.2) is 11.6 Å². The van der Waals surface area contributed by atoms with Crippen molar-refractivity contribution in [3.8, 4) is 22.5 Å². The summed E-state index contributed by atoms with van der Waals surface area (Å²) in [5.74, 6) is 1.33. The zero-order valence-corrected chi connectivity index (χ0v) is 19.8. The number of hydrogen-bond acceptors (Lipinski definition) is 5. The van der Waals surface area contributed by atoms with Gasteiger partial charge in [0.1, 0.15) is 0 Å². The molecule has 34 heavy (non-hydrogen) atoms. The molecule has 0 saturated heterocycles. The van der Waals surface area contributed by atoms with Crippen molar-refractivity contribution in [2.45, 2.75) is 59.0 Å². The molecule has 0 atom stereocenters. The minimum atomic E-state index is -0.0560. The van der Waals surface area contributed by atoms with Crippen LogP contribution in [0.2, 0.25) is 0 Å². The molecule has 8 nitrogen and oxygen atoms in total. The lowest BCUT2D eigenvalue weighted by Gasteiger charge is -2.09. The molecule has 2 aromatic heterocycles. The molecule has 8 heteroatoms. The second-order valence-electron chi connectivity index (χ2n) is 8.31. The van der Waals surface area contributed by atoms with Crippen molar-refractivity contribution >= 4 is 6.08 Å². The molecule has 4 rings (SSSR count). The molecule has 1 N–H and O–H groups in total. The van der Waals surface area contributed by atoms with Gasteiger partial charge in [0.05, 0.1) is 6.54 Å². The molecule has 2 aromatic carbocycles. The Morgan fingerprint density at radius 3 is 2.47 bits per heavy atom. The molecule has 0 amide bonds. The number of H-pyrrole nitrogens is 1. The largest absolute Gasteiger partial charge is 0.346 e. The van der Waals surface area contributed by atoms with Crippen LogP contribution in [0.5, 0.6) is 0 Å². The van der Waals surface area contributed by atoms with Crippen molar-refractivity contribution in [2.24, 2.45) is 0 Å². The number of allylic oxidation sites excluding steroid dienone is 1. The summed E-state index contributed by atoms with van der Waals surface area (Å²) in [5, 5.41) is 18.9. The van der Waals surface area contributed by atoms with Gasteiger partial charge < -0.3 is 0 Å². The molecule has 0 radical (unpaired) electrons. The van der Waals surface area contributed by atoms with Crippen LogP contribution in [0.4, 0.5) is 0 Å². The van der Waals surface area contributed by atoms with E-state index in [1.165, 1.54) is 12.8 Å². The molecule has 0 fully saturated rings. The van der Waals surface area contributed by atoms with Gasteiger partial charge in [0.2, 0.25) is 0 Å². The number of aromatic nitrogens is 7. The van der Waals surface area contributed by atoms with Crippen molar-refractivity contribution in [2.75, 3.05) is 0 Å².